The molecule has 31 heavy (non-hydrogen) atoms. The van der Waals surface area contributed by atoms with Crippen LogP contribution in [0.25, 0.3) is 0 Å². The molecule has 0 unspecified atom stereocenters. The molecule has 0 bridgehead atoms. The van der Waals surface area contributed by atoms with Crippen LogP contribution in [0.2, 0.25) is 5.02 Å². The second-order valence-electron chi connectivity index (χ2n) is 7.42. The number of rotatable bonds is 6. The molecule has 0 spiro atoms. The van der Waals surface area contributed by atoms with Gasteiger partial charge in [-0.3, -0.25) is 9.59 Å². The molecular formula is C24H23ClN2O3S. The number of carbonyl (C=O) groups excluding carboxylic acids is 2. The summed E-state index contributed by atoms with van der Waals surface area (Å²) in [4.78, 5) is 28.8. The van der Waals surface area contributed by atoms with Gasteiger partial charge in [0, 0.05) is 34.2 Å². The maximum atomic E-state index is 13.1. The molecule has 1 aromatic heterocycles. The summed E-state index contributed by atoms with van der Waals surface area (Å²) < 4.78 is 5.58. The number of carbonyl (C=O) groups is 2. The molecule has 0 saturated heterocycles. The van der Waals surface area contributed by atoms with Gasteiger partial charge < -0.3 is 15.0 Å². The molecule has 1 aliphatic rings. The van der Waals surface area contributed by atoms with Crippen LogP contribution in [0.4, 0.5) is 5.69 Å². The number of halogens is 1. The van der Waals surface area contributed by atoms with E-state index in [4.69, 9.17) is 16.3 Å². The summed E-state index contributed by atoms with van der Waals surface area (Å²) in [5.74, 6) is 0.496. The van der Waals surface area contributed by atoms with Crippen molar-refractivity contribution >= 4 is 40.4 Å². The van der Waals surface area contributed by atoms with Crippen LogP contribution in [0.5, 0.6) is 5.75 Å². The molecule has 0 atom stereocenters. The Balaban J connectivity index is 1.36. The highest BCUT2D eigenvalue weighted by Crippen LogP contribution is 2.27. The van der Waals surface area contributed by atoms with E-state index < -0.39 is 0 Å². The average molecular weight is 455 g/mol. The largest absolute Gasteiger partial charge is 0.493 e. The van der Waals surface area contributed by atoms with Crippen molar-refractivity contribution < 1.29 is 14.3 Å². The summed E-state index contributed by atoms with van der Waals surface area (Å²) in [6.07, 6.45) is 1.09. The minimum Gasteiger partial charge on any atom is -0.493 e. The zero-order valence-corrected chi connectivity index (χ0v) is 18.8. The summed E-state index contributed by atoms with van der Waals surface area (Å²) in [6, 6.07) is 14.5. The predicted molar refractivity (Wildman–Crippen MR) is 124 cm³/mol. The summed E-state index contributed by atoms with van der Waals surface area (Å²) >= 11 is 7.61. The summed E-state index contributed by atoms with van der Waals surface area (Å²) in [5.41, 5.74) is 3.27. The van der Waals surface area contributed by atoms with Gasteiger partial charge in [0.1, 0.15) is 5.75 Å². The van der Waals surface area contributed by atoms with E-state index in [1.807, 2.05) is 24.0 Å². The molecule has 2 aromatic carbocycles. The number of benzene rings is 2. The lowest BCUT2D eigenvalue weighted by Gasteiger charge is -2.28. The zero-order valence-electron chi connectivity index (χ0n) is 17.2. The quantitative estimate of drug-likeness (QED) is 0.548. The van der Waals surface area contributed by atoms with Gasteiger partial charge in [-0.25, -0.2) is 0 Å². The van der Waals surface area contributed by atoms with E-state index >= 15 is 0 Å². The Morgan fingerprint density at radius 2 is 1.97 bits per heavy atom. The normalized spacial score (nSPS) is 12.9. The predicted octanol–water partition coefficient (Wildman–Crippen LogP) is 5.32. The standard InChI is InChI=1S/C24H23ClN2O3S/c1-16-20(24(29)27-12-9-22-17(15-27)11-14-31-22)3-2-4-21(16)26-23(28)10-13-30-19-7-5-18(25)6-8-19/h2-8,11,14H,9-10,12-13,15H2,1H3,(H,26,28). The van der Waals surface area contributed by atoms with Crippen molar-refractivity contribution in [1.82, 2.24) is 4.90 Å². The first-order valence-corrected chi connectivity index (χ1v) is 11.4. The van der Waals surface area contributed by atoms with E-state index in [1.54, 1.807) is 41.7 Å². The number of thiophene rings is 1. The molecule has 160 valence electrons. The van der Waals surface area contributed by atoms with Gasteiger partial charge in [0.05, 0.1) is 13.0 Å². The lowest BCUT2D eigenvalue weighted by atomic mass is 10.0. The number of hydrogen-bond donors (Lipinski definition) is 1. The minimum atomic E-state index is -0.164. The Bertz CT molecular complexity index is 1090. The molecule has 7 heteroatoms. The third-order valence-corrected chi connectivity index (χ3v) is 6.62. The Hall–Kier alpha value is -2.83. The van der Waals surface area contributed by atoms with Crippen LogP contribution in [0, 0.1) is 6.92 Å². The summed E-state index contributed by atoms with van der Waals surface area (Å²) in [7, 11) is 0. The zero-order chi connectivity index (χ0) is 21.8. The number of nitrogens with one attached hydrogen (secondary N) is 1. The molecular weight excluding hydrogens is 432 g/mol. The fourth-order valence-corrected chi connectivity index (χ4v) is 4.62. The second-order valence-corrected chi connectivity index (χ2v) is 8.86. The number of nitrogens with zero attached hydrogens (tertiary/aromatic N) is 1. The van der Waals surface area contributed by atoms with Gasteiger partial charge in [-0.1, -0.05) is 17.7 Å². The maximum absolute atomic E-state index is 13.1. The van der Waals surface area contributed by atoms with Crippen molar-refractivity contribution in [2.24, 2.45) is 0 Å². The van der Waals surface area contributed by atoms with E-state index in [2.05, 4.69) is 16.8 Å². The average Bonchev–Trinajstić information content (AvgIpc) is 3.24. The monoisotopic (exact) mass is 454 g/mol. The number of hydrogen-bond acceptors (Lipinski definition) is 4. The summed E-state index contributed by atoms with van der Waals surface area (Å²) in [5, 5.41) is 5.62. The van der Waals surface area contributed by atoms with Crippen LogP contribution in [-0.2, 0) is 17.8 Å². The van der Waals surface area contributed by atoms with Crippen molar-refractivity contribution in [3.8, 4) is 5.75 Å². The Morgan fingerprint density at radius 1 is 1.16 bits per heavy atom. The van der Waals surface area contributed by atoms with Crippen LogP contribution in [0.15, 0.2) is 53.9 Å². The first-order chi connectivity index (χ1) is 15.0. The van der Waals surface area contributed by atoms with E-state index in [0.29, 0.717) is 35.1 Å². The van der Waals surface area contributed by atoms with Crippen LogP contribution >= 0.6 is 22.9 Å². The molecule has 2 heterocycles. The van der Waals surface area contributed by atoms with E-state index in [1.165, 1.54) is 10.4 Å². The molecule has 3 aromatic rings. The first kappa shape index (κ1) is 21.4. The van der Waals surface area contributed by atoms with Crippen molar-refractivity contribution in [3.05, 3.63) is 80.5 Å². The van der Waals surface area contributed by atoms with Gasteiger partial charge >= 0.3 is 0 Å². The number of amides is 2. The lowest BCUT2D eigenvalue weighted by Crippen LogP contribution is -2.35. The Kier molecular flexibility index (Phi) is 6.59. The Labute approximate surface area is 190 Å². The van der Waals surface area contributed by atoms with E-state index in [-0.39, 0.29) is 24.8 Å². The topological polar surface area (TPSA) is 58.6 Å². The van der Waals surface area contributed by atoms with Crippen molar-refractivity contribution in [3.63, 3.8) is 0 Å². The highest BCUT2D eigenvalue weighted by molar-refractivity contribution is 7.10. The summed E-state index contributed by atoms with van der Waals surface area (Å²) in [6.45, 7) is 3.47. The van der Waals surface area contributed by atoms with Gasteiger partial charge in [0.25, 0.3) is 5.91 Å². The Morgan fingerprint density at radius 3 is 2.77 bits per heavy atom. The van der Waals surface area contributed by atoms with Gasteiger partial charge in [0.2, 0.25) is 5.91 Å². The molecule has 0 saturated carbocycles. The first-order valence-electron chi connectivity index (χ1n) is 10.1. The fraction of sp³-hybridized carbons (Fsp3) is 0.250. The third kappa shape index (κ3) is 5.09. The lowest BCUT2D eigenvalue weighted by molar-refractivity contribution is -0.116. The molecule has 4 rings (SSSR count). The number of ether oxygens (including phenoxy) is 1. The van der Waals surface area contributed by atoms with Gasteiger partial charge in [-0.05, 0) is 72.3 Å². The van der Waals surface area contributed by atoms with E-state index in [9.17, 15) is 9.59 Å². The van der Waals surface area contributed by atoms with Crippen LogP contribution in [0.3, 0.4) is 0 Å². The van der Waals surface area contributed by atoms with Gasteiger partial charge in [0.15, 0.2) is 0 Å². The van der Waals surface area contributed by atoms with E-state index in [0.717, 1.165) is 12.0 Å². The SMILES string of the molecule is Cc1c(NC(=O)CCOc2ccc(Cl)cc2)cccc1C(=O)N1CCc2sccc2C1. The maximum Gasteiger partial charge on any atom is 0.254 e. The third-order valence-electron chi connectivity index (χ3n) is 5.34. The van der Waals surface area contributed by atoms with Gasteiger partial charge in [-0.2, -0.15) is 0 Å². The fourth-order valence-electron chi connectivity index (χ4n) is 3.60. The molecule has 0 fully saturated rings. The molecule has 1 N–H and O–H groups in total. The molecule has 5 nitrogen and oxygen atoms in total. The van der Waals surface area contributed by atoms with Crippen molar-refractivity contribution in [2.45, 2.75) is 26.3 Å². The molecule has 0 aliphatic carbocycles. The van der Waals surface area contributed by atoms with Crippen LogP contribution in [0.1, 0.15) is 32.8 Å². The smallest absolute Gasteiger partial charge is 0.254 e. The second kappa shape index (κ2) is 9.54. The van der Waals surface area contributed by atoms with Crippen molar-refractivity contribution in [2.75, 3.05) is 18.5 Å². The van der Waals surface area contributed by atoms with Crippen LogP contribution < -0.4 is 10.1 Å². The highest BCUT2D eigenvalue weighted by Gasteiger charge is 2.24. The molecule has 0 radical (unpaired) electrons. The van der Waals surface area contributed by atoms with Crippen LogP contribution in [-0.4, -0.2) is 29.9 Å². The number of fused-ring (bicyclic) bond motifs is 1. The van der Waals surface area contributed by atoms with Crippen molar-refractivity contribution in [1.29, 1.82) is 0 Å². The minimum absolute atomic E-state index is 0.00322. The molecule has 1 aliphatic heterocycles. The number of anilines is 1. The van der Waals surface area contributed by atoms with Gasteiger partial charge in [-0.15, -0.1) is 11.3 Å². The highest BCUT2D eigenvalue weighted by atomic mass is 35.5. The molecule has 2 amide bonds.